The Hall–Kier alpha value is -3.00. The van der Waals surface area contributed by atoms with Crippen LogP contribution in [0.4, 0.5) is 5.82 Å². The average Bonchev–Trinajstić information content (AvgIpc) is 2.69. The molecule has 0 saturated heterocycles. The maximum atomic E-state index is 8.89. The van der Waals surface area contributed by atoms with Crippen molar-refractivity contribution in [3.05, 3.63) is 48.5 Å². The zero-order valence-corrected chi connectivity index (χ0v) is 15.0. The largest absolute Gasteiger partial charge is 0.383 e. The van der Waals surface area contributed by atoms with Gasteiger partial charge in [0.15, 0.2) is 0 Å². The van der Waals surface area contributed by atoms with Gasteiger partial charge in [-0.1, -0.05) is 45.1 Å². The number of benzene rings is 1. The van der Waals surface area contributed by atoms with E-state index >= 15 is 0 Å². The van der Waals surface area contributed by atoms with Crippen LogP contribution in [-0.2, 0) is 0 Å². The van der Waals surface area contributed by atoms with E-state index in [2.05, 4.69) is 27.9 Å². The first-order chi connectivity index (χ1) is 12.7. The second-order valence-corrected chi connectivity index (χ2v) is 6.81. The Morgan fingerprint density at radius 3 is 2.54 bits per heavy atom. The topological polar surface area (TPSA) is 88.5 Å². The van der Waals surface area contributed by atoms with E-state index < -0.39 is 0 Å². The number of rotatable bonds is 1. The van der Waals surface area contributed by atoms with Crippen molar-refractivity contribution in [1.29, 1.82) is 5.26 Å². The first-order valence-electron chi connectivity index (χ1n) is 9.03. The molecule has 0 radical (unpaired) electrons. The summed E-state index contributed by atoms with van der Waals surface area (Å²) in [4.78, 5) is 12.2. The molecule has 2 aromatic heterocycles. The zero-order valence-electron chi connectivity index (χ0n) is 15.0. The van der Waals surface area contributed by atoms with Crippen LogP contribution < -0.4 is 5.73 Å². The van der Waals surface area contributed by atoms with Crippen LogP contribution in [0.25, 0.3) is 22.0 Å². The van der Waals surface area contributed by atoms with Crippen molar-refractivity contribution in [3.8, 4) is 17.2 Å². The molecule has 0 amide bonds. The summed E-state index contributed by atoms with van der Waals surface area (Å²) in [5, 5.41) is 9.69. The SMILES string of the molecule is CC1CCCCC1.N#Cc1cncc(-c2ccc3ncnc(N)c3c2)c1. The minimum Gasteiger partial charge on any atom is -0.383 e. The predicted molar refractivity (Wildman–Crippen MR) is 104 cm³/mol. The predicted octanol–water partition coefficient (Wildman–Crippen LogP) is 4.73. The van der Waals surface area contributed by atoms with E-state index in [4.69, 9.17) is 11.0 Å². The van der Waals surface area contributed by atoms with E-state index in [1.165, 1.54) is 44.6 Å². The van der Waals surface area contributed by atoms with Gasteiger partial charge in [-0.2, -0.15) is 5.26 Å². The van der Waals surface area contributed by atoms with Crippen LogP contribution in [0.15, 0.2) is 43.0 Å². The molecule has 1 aliphatic rings. The molecule has 4 rings (SSSR count). The van der Waals surface area contributed by atoms with Gasteiger partial charge in [-0.25, -0.2) is 9.97 Å². The van der Waals surface area contributed by atoms with Crippen LogP contribution in [0, 0.1) is 17.2 Å². The fourth-order valence-corrected chi connectivity index (χ4v) is 3.22. The number of hydrogen-bond acceptors (Lipinski definition) is 5. The molecule has 1 aromatic carbocycles. The van der Waals surface area contributed by atoms with E-state index in [9.17, 15) is 0 Å². The maximum absolute atomic E-state index is 8.89. The van der Waals surface area contributed by atoms with Crippen molar-refractivity contribution in [1.82, 2.24) is 15.0 Å². The number of nitrogen functional groups attached to an aromatic ring is 1. The molecule has 1 aliphatic carbocycles. The molecule has 0 aliphatic heterocycles. The molecule has 2 heterocycles. The third kappa shape index (κ3) is 4.34. The van der Waals surface area contributed by atoms with E-state index in [0.717, 1.165) is 27.9 Å². The Kier molecular flexibility index (Phi) is 5.75. The summed E-state index contributed by atoms with van der Waals surface area (Å²) in [6.45, 7) is 2.36. The summed E-state index contributed by atoms with van der Waals surface area (Å²) in [5.41, 5.74) is 8.95. The molecule has 3 aromatic rings. The fraction of sp³-hybridized carbons (Fsp3) is 0.333. The highest BCUT2D eigenvalue weighted by Gasteiger charge is 2.06. The highest BCUT2D eigenvalue weighted by molar-refractivity contribution is 5.91. The number of nitrogens with two attached hydrogens (primary N) is 1. The van der Waals surface area contributed by atoms with Gasteiger partial charge in [0.2, 0.25) is 0 Å². The average molecular weight is 345 g/mol. The highest BCUT2D eigenvalue weighted by Crippen LogP contribution is 2.25. The molecule has 5 nitrogen and oxygen atoms in total. The van der Waals surface area contributed by atoms with Gasteiger partial charge < -0.3 is 5.73 Å². The molecule has 1 fully saturated rings. The molecule has 0 atom stereocenters. The van der Waals surface area contributed by atoms with Crippen LogP contribution in [0.2, 0.25) is 0 Å². The summed E-state index contributed by atoms with van der Waals surface area (Å²) >= 11 is 0. The second kappa shape index (κ2) is 8.39. The van der Waals surface area contributed by atoms with Gasteiger partial charge in [0.1, 0.15) is 18.2 Å². The van der Waals surface area contributed by atoms with E-state index in [1.807, 2.05) is 18.2 Å². The van der Waals surface area contributed by atoms with Gasteiger partial charge in [-0.05, 0) is 29.7 Å². The number of hydrogen-bond donors (Lipinski definition) is 1. The van der Waals surface area contributed by atoms with Crippen molar-refractivity contribution in [2.24, 2.45) is 5.92 Å². The van der Waals surface area contributed by atoms with E-state index in [1.54, 1.807) is 12.3 Å². The van der Waals surface area contributed by atoms with Crippen LogP contribution in [0.1, 0.15) is 44.6 Å². The third-order valence-corrected chi connectivity index (χ3v) is 4.76. The fourth-order valence-electron chi connectivity index (χ4n) is 3.22. The molecule has 132 valence electrons. The van der Waals surface area contributed by atoms with Crippen molar-refractivity contribution >= 4 is 16.7 Å². The minimum absolute atomic E-state index is 0.441. The lowest BCUT2D eigenvalue weighted by Crippen LogP contribution is -1.99. The van der Waals surface area contributed by atoms with Gasteiger partial charge >= 0.3 is 0 Å². The van der Waals surface area contributed by atoms with E-state index in [0.29, 0.717) is 11.4 Å². The van der Waals surface area contributed by atoms with Gasteiger partial charge in [0, 0.05) is 23.3 Å². The normalized spacial score (nSPS) is 14.3. The summed E-state index contributed by atoms with van der Waals surface area (Å²) < 4.78 is 0. The Labute approximate surface area is 153 Å². The summed E-state index contributed by atoms with van der Waals surface area (Å²) in [6, 6.07) is 9.57. The monoisotopic (exact) mass is 345 g/mol. The lowest BCUT2D eigenvalue weighted by Gasteiger charge is -2.15. The molecule has 0 spiro atoms. The highest BCUT2D eigenvalue weighted by atomic mass is 14.9. The van der Waals surface area contributed by atoms with Crippen molar-refractivity contribution in [2.45, 2.75) is 39.0 Å². The number of nitriles is 1. The van der Waals surface area contributed by atoms with Crippen molar-refractivity contribution < 1.29 is 0 Å². The Morgan fingerprint density at radius 2 is 1.85 bits per heavy atom. The number of aromatic nitrogens is 3. The molecular weight excluding hydrogens is 322 g/mol. The lowest BCUT2D eigenvalue weighted by molar-refractivity contribution is 0.385. The Morgan fingerprint density at radius 1 is 1.04 bits per heavy atom. The smallest absolute Gasteiger partial charge is 0.134 e. The Balaban J connectivity index is 0.000000236. The zero-order chi connectivity index (χ0) is 18.4. The van der Waals surface area contributed by atoms with Gasteiger partial charge in [-0.3, -0.25) is 4.98 Å². The quantitative estimate of drug-likeness (QED) is 0.688. The molecule has 0 bridgehead atoms. The molecule has 26 heavy (non-hydrogen) atoms. The summed E-state index contributed by atoms with van der Waals surface area (Å²) in [5.74, 6) is 1.48. The van der Waals surface area contributed by atoms with E-state index in [-0.39, 0.29) is 0 Å². The first kappa shape index (κ1) is 17.8. The van der Waals surface area contributed by atoms with Crippen LogP contribution in [-0.4, -0.2) is 15.0 Å². The number of anilines is 1. The molecule has 1 saturated carbocycles. The van der Waals surface area contributed by atoms with Crippen LogP contribution in [0.3, 0.4) is 0 Å². The standard InChI is InChI=1S/C14H9N5.C7H14/c15-5-9-3-11(7-17-6-9)10-1-2-13-12(4-10)14(16)19-8-18-13;1-7-5-3-2-4-6-7/h1-4,6-8H,(H2,16,18,19);7H,2-6H2,1H3. The summed E-state index contributed by atoms with van der Waals surface area (Å²) in [7, 11) is 0. The number of pyridine rings is 1. The van der Waals surface area contributed by atoms with Gasteiger partial charge in [0.25, 0.3) is 0 Å². The second-order valence-electron chi connectivity index (χ2n) is 6.81. The molecular formula is C21H23N5. The summed E-state index contributed by atoms with van der Waals surface area (Å²) in [6.07, 6.45) is 12.1. The number of fused-ring (bicyclic) bond motifs is 1. The minimum atomic E-state index is 0.441. The molecule has 2 N–H and O–H groups in total. The number of nitrogens with zero attached hydrogens (tertiary/aromatic N) is 4. The van der Waals surface area contributed by atoms with Crippen molar-refractivity contribution in [2.75, 3.05) is 5.73 Å². The first-order valence-corrected chi connectivity index (χ1v) is 9.03. The molecule has 0 unspecified atom stereocenters. The van der Waals surface area contributed by atoms with Crippen molar-refractivity contribution in [3.63, 3.8) is 0 Å². The lowest BCUT2D eigenvalue weighted by atomic mass is 9.91. The Bertz CT molecular complexity index is 923. The van der Waals surface area contributed by atoms with Crippen LogP contribution in [0.5, 0.6) is 0 Å². The maximum Gasteiger partial charge on any atom is 0.134 e. The van der Waals surface area contributed by atoms with Gasteiger partial charge in [-0.15, -0.1) is 0 Å². The molecule has 5 heteroatoms. The van der Waals surface area contributed by atoms with Gasteiger partial charge in [0.05, 0.1) is 11.1 Å². The van der Waals surface area contributed by atoms with Crippen LogP contribution >= 0.6 is 0 Å². The third-order valence-electron chi connectivity index (χ3n) is 4.76.